The summed E-state index contributed by atoms with van der Waals surface area (Å²) in [6, 6.07) is 21.1. The minimum atomic E-state index is -0.356. The Morgan fingerprint density at radius 3 is 2.81 bits per heavy atom. The lowest BCUT2D eigenvalue weighted by Crippen LogP contribution is -2.29. The molecule has 3 aromatic carbocycles. The van der Waals surface area contributed by atoms with Crippen LogP contribution in [-0.2, 0) is 19.6 Å². The molecule has 10 N–H and O–H groups in total. The number of phenolic OH excluding ortho intramolecular Hbond substituents is 1. The number of aromatic hydroxyl groups is 1. The molecular weight excluding hydrogens is 528 g/mol. The molecule has 1 atom stereocenters. The quantitative estimate of drug-likeness (QED) is 0.0956. The van der Waals surface area contributed by atoms with E-state index in [-0.39, 0.29) is 17.7 Å². The van der Waals surface area contributed by atoms with Crippen molar-refractivity contribution in [3.05, 3.63) is 113 Å². The summed E-state index contributed by atoms with van der Waals surface area (Å²) in [6.45, 7) is 2.97. The summed E-state index contributed by atoms with van der Waals surface area (Å²) in [6.07, 6.45) is 4.60. The average Bonchev–Trinajstić information content (AvgIpc) is 3.64. The van der Waals surface area contributed by atoms with E-state index in [9.17, 15) is 9.90 Å². The standard InChI is InChI=1S/C32H36N8O2/c33-11-3-12-40(35)19-22(34)18-39-13-10-21-7-6-20(14-29(21)39)16-36-17-28-30(25-4-1-2-5-27(25)37-28)31-26-15-23(41)8-9-24(26)32(42)38-31/h1-2,4-10,13-15,19,31,36-37,41H,3,11-12,16-18,33-35H2,(H,38,42)/b22-19-. The number of fused-ring (bicyclic) bond motifs is 3. The number of nitrogens with two attached hydrogens (primary N) is 3. The van der Waals surface area contributed by atoms with E-state index < -0.39 is 0 Å². The molecule has 42 heavy (non-hydrogen) atoms. The largest absolute Gasteiger partial charge is 0.508 e. The van der Waals surface area contributed by atoms with Crippen LogP contribution in [0.1, 0.15) is 45.2 Å². The lowest BCUT2D eigenvalue weighted by atomic mass is 9.95. The highest BCUT2D eigenvalue weighted by Gasteiger charge is 2.33. The zero-order valence-electron chi connectivity index (χ0n) is 23.3. The Morgan fingerprint density at radius 2 is 1.95 bits per heavy atom. The summed E-state index contributed by atoms with van der Waals surface area (Å²) in [5, 5.41) is 20.6. The molecular formula is C32H36N8O2. The van der Waals surface area contributed by atoms with Gasteiger partial charge in [-0.3, -0.25) is 4.79 Å². The summed E-state index contributed by atoms with van der Waals surface area (Å²) in [5.74, 6) is 6.01. The van der Waals surface area contributed by atoms with E-state index in [0.717, 1.165) is 50.6 Å². The molecule has 0 saturated heterocycles. The van der Waals surface area contributed by atoms with Gasteiger partial charge in [-0.1, -0.05) is 30.3 Å². The van der Waals surface area contributed by atoms with Crippen molar-refractivity contribution in [1.29, 1.82) is 0 Å². The van der Waals surface area contributed by atoms with Crippen molar-refractivity contribution >= 4 is 27.7 Å². The maximum absolute atomic E-state index is 12.8. The van der Waals surface area contributed by atoms with Gasteiger partial charge in [-0.2, -0.15) is 0 Å². The predicted octanol–water partition coefficient (Wildman–Crippen LogP) is 3.28. The van der Waals surface area contributed by atoms with E-state index in [1.165, 1.54) is 0 Å². The number of aromatic nitrogens is 2. The molecule has 6 rings (SSSR count). The van der Waals surface area contributed by atoms with Gasteiger partial charge in [-0.05, 0) is 65.9 Å². The van der Waals surface area contributed by atoms with Crippen molar-refractivity contribution < 1.29 is 9.90 Å². The van der Waals surface area contributed by atoms with Gasteiger partial charge >= 0.3 is 0 Å². The lowest BCUT2D eigenvalue weighted by molar-refractivity contribution is 0.0960. The minimum absolute atomic E-state index is 0.138. The smallest absolute Gasteiger partial charge is 0.252 e. The van der Waals surface area contributed by atoms with Crippen LogP contribution in [0.4, 0.5) is 0 Å². The summed E-state index contributed by atoms with van der Waals surface area (Å²) in [5.41, 5.74) is 19.1. The van der Waals surface area contributed by atoms with Crippen LogP contribution in [0.3, 0.4) is 0 Å². The van der Waals surface area contributed by atoms with E-state index >= 15 is 0 Å². The van der Waals surface area contributed by atoms with Crippen LogP contribution in [0.15, 0.2) is 84.8 Å². The summed E-state index contributed by atoms with van der Waals surface area (Å²) < 4.78 is 2.12. The van der Waals surface area contributed by atoms with Gasteiger partial charge in [0.25, 0.3) is 5.91 Å². The topological polar surface area (TPSA) is 163 Å². The number of benzene rings is 3. The number of hydrazine groups is 1. The highest BCUT2D eigenvalue weighted by Crippen LogP contribution is 2.38. The van der Waals surface area contributed by atoms with E-state index in [1.807, 2.05) is 24.4 Å². The van der Waals surface area contributed by atoms with Crippen LogP contribution in [-0.4, -0.2) is 38.7 Å². The number of para-hydroxylation sites is 1. The first-order valence-corrected chi connectivity index (χ1v) is 14.1. The molecule has 0 radical (unpaired) electrons. The highest BCUT2D eigenvalue weighted by atomic mass is 16.3. The predicted molar refractivity (Wildman–Crippen MR) is 165 cm³/mol. The molecule has 1 aliphatic heterocycles. The van der Waals surface area contributed by atoms with E-state index in [2.05, 4.69) is 50.5 Å². The van der Waals surface area contributed by atoms with Crippen LogP contribution in [0.2, 0.25) is 0 Å². The van der Waals surface area contributed by atoms with Gasteiger partial charge in [0, 0.05) is 71.0 Å². The second kappa shape index (κ2) is 11.6. The number of phenols is 1. The molecule has 1 amide bonds. The van der Waals surface area contributed by atoms with Gasteiger partial charge in [-0.25, -0.2) is 5.84 Å². The van der Waals surface area contributed by atoms with Gasteiger partial charge in [0.15, 0.2) is 0 Å². The van der Waals surface area contributed by atoms with Crippen LogP contribution in [0.25, 0.3) is 21.8 Å². The SMILES string of the molecule is NCCCN(N)/C=C(\N)Cn1ccc2ccc(CNCc3[nH]c4ccccc4c3C3NC(=O)c4ccc(O)cc43)cc21. The molecule has 10 heteroatoms. The zero-order chi connectivity index (χ0) is 29.2. The maximum Gasteiger partial charge on any atom is 0.252 e. The van der Waals surface area contributed by atoms with Crippen LogP contribution in [0, 0.1) is 0 Å². The summed E-state index contributed by atoms with van der Waals surface area (Å²) >= 11 is 0. The summed E-state index contributed by atoms with van der Waals surface area (Å²) in [4.78, 5) is 16.3. The first-order chi connectivity index (χ1) is 20.4. The second-order valence-electron chi connectivity index (χ2n) is 10.8. The Hall–Kier alpha value is -4.77. The van der Waals surface area contributed by atoms with Crippen molar-refractivity contribution in [3.63, 3.8) is 0 Å². The highest BCUT2D eigenvalue weighted by molar-refractivity contribution is 6.01. The number of nitrogens with one attached hydrogen (secondary N) is 3. The van der Waals surface area contributed by atoms with Gasteiger partial charge in [0.2, 0.25) is 0 Å². The molecule has 0 spiro atoms. The maximum atomic E-state index is 12.8. The average molecular weight is 565 g/mol. The number of H-pyrrole nitrogens is 1. The fourth-order valence-electron chi connectivity index (χ4n) is 5.80. The van der Waals surface area contributed by atoms with Crippen molar-refractivity contribution in [1.82, 2.24) is 25.2 Å². The first-order valence-electron chi connectivity index (χ1n) is 14.1. The second-order valence-corrected chi connectivity index (χ2v) is 10.8. The number of nitrogens with zero attached hydrogens (tertiary/aromatic N) is 2. The number of amides is 1. The Bertz CT molecular complexity index is 1790. The van der Waals surface area contributed by atoms with Gasteiger partial charge < -0.3 is 41.8 Å². The lowest BCUT2D eigenvalue weighted by Gasteiger charge is -2.15. The number of carbonyl (C=O) groups is 1. The van der Waals surface area contributed by atoms with Crippen molar-refractivity contribution in [2.24, 2.45) is 17.3 Å². The van der Waals surface area contributed by atoms with E-state index in [0.29, 0.717) is 44.0 Å². The molecule has 0 bridgehead atoms. The number of allylic oxidation sites excluding steroid dienone is 1. The Balaban J connectivity index is 1.21. The van der Waals surface area contributed by atoms with E-state index in [1.54, 1.807) is 29.4 Å². The molecule has 0 fully saturated rings. The van der Waals surface area contributed by atoms with Crippen molar-refractivity contribution in [2.45, 2.75) is 32.1 Å². The third-order valence-electron chi connectivity index (χ3n) is 7.76. The number of rotatable bonds is 11. The van der Waals surface area contributed by atoms with Gasteiger partial charge in [0.1, 0.15) is 5.75 Å². The molecule has 3 heterocycles. The van der Waals surface area contributed by atoms with Crippen molar-refractivity contribution in [3.8, 4) is 5.75 Å². The first kappa shape index (κ1) is 27.4. The molecule has 2 aromatic heterocycles. The minimum Gasteiger partial charge on any atom is -0.508 e. The molecule has 0 saturated carbocycles. The third kappa shape index (κ3) is 5.42. The van der Waals surface area contributed by atoms with Crippen LogP contribution in [0.5, 0.6) is 5.75 Å². The molecule has 0 aliphatic carbocycles. The molecule has 10 nitrogen and oxygen atoms in total. The molecule has 216 valence electrons. The molecule has 5 aromatic rings. The number of hydrogen-bond donors (Lipinski definition) is 7. The van der Waals surface area contributed by atoms with Gasteiger partial charge in [0.05, 0.1) is 12.6 Å². The monoisotopic (exact) mass is 564 g/mol. The Morgan fingerprint density at radius 1 is 1.10 bits per heavy atom. The van der Waals surface area contributed by atoms with Crippen molar-refractivity contribution in [2.75, 3.05) is 13.1 Å². The fourth-order valence-corrected chi connectivity index (χ4v) is 5.80. The van der Waals surface area contributed by atoms with E-state index in [4.69, 9.17) is 17.3 Å². The van der Waals surface area contributed by atoms with Crippen LogP contribution < -0.4 is 27.9 Å². The van der Waals surface area contributed by atoms with Crippen LogP contribution >= 0.6 is 0 Å². The van der Waals surface area contributed by atoms with Gasteiger partial charge in [-0.15, -0.1) is 0 Å². The zero-order valence-corrected chi connectivity index (χ0v) is 23.3. The third-order valence-corrected chi connectivity index (χ3v) is 7.76. The molecule has 1 unspecified atom stereocenters. The Labute approximate surface area is 243 Å². The molecule has 1 aliphatic rings. The number of hydrogen-bond acceptors (Lipinski definition) is 7. The summed E-state index contributed by atoms with van der Waals surface area (Å²) in [7, 11) is 0. The fraction of sp³-hybridized carbons (Fsp3) is 0.219. The normalized spacial score (nSPS) is 15.0. The number of carbonyl (C=O) groups excluding carboxylic acids is 1. The Kier molecular flexibility index (Phi) is 7.58. The number of aromatic amines is 1.